The van der Waals surface area contributed by atoms with Gasteiger partial charge in [0.25, 0.3) is 0 Å². The van der Waals surface area contributed by atoms with Crippen LogP contribution in [0.5, 0.6) is 0 Å². The lowest BCUT2D eigenvalue weighted by Crippen LogP contribution is -1.92. The fourth-order valence-electron chi connectivity index (χ4n) is 3.10. The summed E-state index contributed by atoms with van der Waals surface area (Å²) in [5.74, 6) is -0.302. The first-order chi connectivity index (χ1) is 11.7. The lowest BCUT2D eigenvalue weighted by atomic mass is 9.96. The minimum absolute atomic E-state index is 0.302. The van der Waals surface area contributed by atoms with Gasteiger partial charge < -0.3 is 0 Å². The predicted octanol–water partition coefficient (Wildman–Crippen LogP) is 6.02. The Labute approximate surface area is 140 Å². The molecule has 2 heteroatoms. The van der Waals surface area contributed by atoms with Crippen LogP contribution in [0.2, 0.25) is 0 Å². The summed E-state index contributed by atoms with van der Waals surface area (Å²) in [4.78, 5) is 4.38. The number of hydrogen-bond acceptors (Lipinski definition) is 1. The van der Waals surface area contributed by atoms with Crippen LogP contribution < -0.4 is 0 Å². The zero-order valence-electron chi connectivity index (χ0n) is 13.3. The first-order valence-electron chi connectivity index (χ1n) is 7.94. The molecule has 0 bridgehead atoms. The van der Waals surface area contributed by atoms with Gasteiger partial charge in [0, 0.05) is 17.3 Å². The Bertz CT molecular complexity index is 1020. The number of nitrogens with zero attached hydrogens (tertiary/aromatic N) is 1. The standard InChI is InChI=1S/C22H16FN/c1-15-11-12-19(20-10-6-5-9-18(15)20)17-13-21(23)22(24-14-17)16-7-3-2-4-8-16/h2-14H,1H3. The summed E-state index contributed by atoms with van der Waals surface area (Å²) in [7, 11) is 0. The number of benzene rings is 3. The number of pyridine rings is 1. The molecule has 0 spiro atoms. The number of fused-ring (bicyclic) bond motifs is 1. The van der Waals surface area contributed by atoms with Gasteiger partial charge in [0.1, 0.15) is 11.5 Å². The fourth-order valence-corrected chi connectivity index (χ4v) is 3.10. The van der Waals surface area contributed by atoms with Gasteiger partial charge in [-0.25, -0.2) is 4.39 Å². The largest absolute Gasteiger partial charge is 0.253 e. The molecule has 1 aromatic heterocycles. The van der Waals surface area contributed by atoms with Crippen LogP contribution in [0.4, 0.5) is 4.39 Å². The maximum Gasteiger partial charge on any atom is 0.150 e. The number of halogens is 1. The van der Waals surface area contributed by atoms with E-state index in [1.54, 1.807) is 12.3 Å². The predicted molar refractivity (Wildman–Crippen MR) is 97.3 cm³/mol. The van der Waals surface area contributed by atoms with Crippen LogP contribution in [0.1, 0.15) is 5.56 Å². The molecule has 0 unspecified atom stereocenters. The van der Waals surface area contributed by atoms with Gasteiger partial charge in [-0.05, 0) is 34.9 Å². The Hall–Kier alpha value is -3.00. The van der Waals surface area contributed by atoms with Crippen molar-refractivity contribution in [3.63, 3.8) is 0 Å². The highest BCUT2D eigenvalue weighted by molar-refractivity contribution is 5.98. The van der Waals surface area contributed by atoms with Crippen molar-refractivity contribution in [2.45, 2.75) is 6.92 Å². The van der Waals surface area contributed by atoms with Gasteiger partial charge in [-0.2, -0.15) is 0 Å². The van der Waals surface area contributed by atoms with Crippen LogP contribution in [-0.2, 0) is 0 Å². The summed E-state index contributed by atoms with van der Waals surface area (Å²) in [5, 5.41) is 2.30. The Balaban J connectivity index is 1.87. The molecule has 0 aliphatic carbocycles. The highest BCUT2D eigenvalue weighted by Crippen LogP contribution is 2.32. The van der Waals surface area contributed by atoms with E-state index in [0.29, 0.717) is 5.69 Å². The molecular formula is C22H16FN. The maximum absolute atomic E-state index is 14.6. The van der Waals surface area contributed by atoms with E-state index in [0.717, 1.165) is 22.1 Å². The van der Waals surface area contributed by atoms with Crippen molar-refractivity contribution in [2.24, 2.45) is 0 Å². The molecular weight excluding hydrogens is 297 g/mol. The molecule has 0 N–H and O–H groups in total. The van der Waals surface area contributed by atoms with E-state index < -0.39 is 0 Å². The van der Waals surface area contributed by atoms with Crippen molar-refractivity contribution in [3.8, 4) is 22.4 Å². The van der Waals surface area contributed by atoms with Crippen LogP contribution in [0, 0.1) is 12.7 Å². The summed E-state index contributed by atoms with van der Waals surface area (Å²) in [6, 6.07) is 23.3. The first kappa shape index (κ1) is 14.6. The lowest BCUT2D eigenvalue weighted by Gasteiger charge is -2.10. The van der Waals surface area contributed by atoms with Crippen molar-refractivity contribution < 1.29 is 4.39 Å². The minimum atomic E-state index is -0.302. The summed E-state index contributed by atoms with van der Waals surface area (Å²) in [6.45, 7) is 2.09. The summed E-state index contributed by atoms with van der Waals surface area (Å²) < 4.78 is 14.6. The molecule has 1 nitrogen and oxygen atoms in total. The molecule has 4 rings (SSSR count). The van der Waals surface area contributed by atoms with Crippen molar-refractivity contribution >= 4 is 10.8 Å². The van der Waals surface area contributed by atoms with Gasteiger partial charge in [0.2, 0.25) is 0 Å². The molecule has 3 aromatic carbocycles. The number of rotatable bonds is 2. The average Bonchev–Trinajstić information content (AvgIpc) is 2.63. The zero-order chi connectivity index (χ0) is 16.5. The molecule has 0 fully saturated rings. The second kappa shape index (κ2) is 5.89. The van der Waals surface area contributed by atoms with E-state index in [1.807, 2.05) is 48.5 Å². The highest BCUT2D eigenvalue weighted by atomic mass is 19.1. The van der Waals surface area contributed by atoms with Crippen molar-refractivity contribution in [2.75, 3.05) is 0 Å². The summed E-state index contributed by atoms with van der Waals surface area (Å²) >= 11 is 0. The fraction of sp³-hybridized carbons (Fsp3) is 0.0455. The average molecular weight is 313 g/mol. The number of aromatic nitrogens is 1. The van der Waals surface area contributed by atoms with E-state index >= 15 is 0 Å². The maximum atomic E-state index is 14.6. The molecule has 24 heavy (non-hydrogen) atoms. The van der Waals surface area contributed by atoms with Gasteiger partial charge in [0.05, 0.1) is 0 Å². The van der Waals surface area contributed by atoms with Crippen molar-refractivity contribution in [3.05, 3.63) is 90.4 Å². The van der Waals surface area contributed by atoms with Crippen LogP contribution >= 0.6 is 0 Å². The smallest absolute Gasteiger partial charge is 0.150 e. The van der Waals surface area contributed by atoms with Crippen LogP contribution in [-0.4, -0.2) is 4.98 Å². The SMILES string of the molecule is Cc1ccc(-c2cnc(-c3ccccc3)c(F)c2)c2ccccc12. The third kappa shape index (κ3) is 2.46. The molecule has 1 heterocycles. The third-order valence-electron chi connectivity index (χ3n) is 4.34. The molecule has 0 amide bonds. The minimum Gasteiger partial charge on any atom is -0.253 e. The molecule has 0 saturated heterocycles. The second-order valence-electron chi connectivity index (χ2n) is 5.90. The first-order valence-corrected chi connectivity index (χ1v) is 7.94. The number of hydrogen-bond donors (Lipinski definition) is 0. The van der Waals surface area contributed by atoms with Gasteiger partial charge in [-0.15, -0.1) is 0 Å². The third-order valence-corrected chi connectivity index (χ3v) is 4.34. The van der Waals surface area contributed by atoms with Crippen molar-refractivity contribution in [1.29, 1.82) is 0 Å². The van der Waals surface area contributed by atoms with Gasteiger partial charge in [-0.3, -0.25) is 4.98 Å². The van der Waals surface area contributed by atoms with E-state index in [2.05, 4.69) is 30.1 Å². The van der Waals surface area contributed by atoms with E-state index in [9.17, 15) is 4.39 Å². The van der Waals surface area contributed by atoms with Crippen LogP contribution in [0.3, 0.4) is 0 Å². The normalized spacial score (nSPS) is 10.9. The van der Waals surface area contributed by atoms with Gasteiger partial charge in [-0.1, -0.05) is 66.7 Å². The Morgan fingerprint density at radius 3 is 2.21 bits per heavy atom. The van der Waals surface area contributed by atoms with Crippen molar-refractivity contribution in [1.82, 2.24) is 4.98 Å². The van der Waals surface area contributed by atoms with Gasteiger partial charge in [0.15, 0.2) is 0 Å². The van der Waals surface area contributed by atoms with E-state index in [-0.39, 0.29) is 5.82 Å². The van der Waals surface area contributed by atoms with Gasteiger partial charge >= 0.3 is 0 Å². The number of aryl methyl sites for hydroxylation is 1. The Morgan fingerprint density at radius 1 is 0.750 bits per heavy atom. The molecule has 4 aromatic rings. The molecule has 0 atom stereocenters. The van der Waals surface area contributed by atoms with E-state index in [4.69, 9.17) is 0 Å². The topological polar surface area (TPSA) is 12.9 Å². The Morgan fingerprint density at radius 2 is 1.46 bits per heavy atom. The zero-order valence-corrected chi connectivity index (χ0v) is 13.3. The lowest BCUT2D eigenvalue weighted by molar-refractivity contribution is 0.626. The summed E-state index contributed by atoms with van der Waals surface area (Å²) in [5.41, 5.74) is 4.18. The molecule has 0 aliphatic heterocycles. The second-order valence-corrected chi connectivity index (χ2v) is 5.90. The summed E-state index contributed by atoms with van der Waals surface area (Å²) in [6.07, 6.45) is 1.75. The van der Waals surface area contributed by atoms with Crippen LogP contribution in [0.15, 0.2) is 79.0 Å². The molecule has 0 aliphatic rings. The van der Waals surface area contributed by atoms with E-state index in [1.165, 1.54) is 10.9 Å². The molecule has 116 valence electrons. The Kier molecular flexibility index (Phi) is 3.58. The van der Waals surface area contributed by atoms with Crippen LogP contribution in [0.25, 0.3) is 33.2 Å². The quantitative estimate of drug-likeness (QED) is 0.441. The highest BCUT2D eigenvalue weighted by Gasteiger charge is 2.11. The molecule has 0 saturated carbocycles. The monoisotopic (exact) mass is 313 g/mol. The molecule has 0 radical (unpaired) electrons.